The smallest absolute Gasteiger partial charge is 0.175 e. The number of nitrogens with zero attached hydrogens (tertiary/aromatic N) is 3. The number of rotatable bonds is 5. The van der Waals surface area contributed by atoms with E-state index in [0.717, 1.165) is 15.4 Å². The van der Waals surface area contributed by atoms with Crippen LogP contribution >= 0.6 is 34.5 Å². The lowest BCUT2D eigenvalue weighted by Crippen LogP contribution is -1.99. The average molecular weight is 465 g/mol. The highest BCUT2D eigenvalue weighted by atomic mass is 35.5. The molecule has 4 rings (SSSR count). The molecule has 10 heteroatoms. The van der Waals surface area contributed by atoms with E-state index in [1.165, 1.54) is 23.9 Å². The summed E-state index contributed by atoms with van der Waals surface area (Å²) in [5, 5.41) is 5.16. The summed E-state index contributed by atoms with van der Waals surface area (Å²) in [6, 6.07) is 11.8. The van der Waals surface area contributed by atoms with Crippen molar-refractivity contribution in [2.75, 3.05) is 11.6 Å². The van der Waals surface area contributed by atoms with E-state index in [1.807, 2.05) is 0 Å². The maximum atomic E-state index is 11.6. The largest absolute Gasteiger partial charge is 0.338 e. The van der Waals surface area contributed by atoms with Crippen LogP contribution < -0.4 is 5.32 Å². The van der Waals surface area contributed by atoms with Crippen LogP contribution in [0.25, 0.3) is 10.3 Å². The number of aromatic nitrogens is 3. The first-order valence-corrected chi connectivity index (χ1v) is 11.9. The van der Waals surface area contributed by atoms with Gasteiger partial charge in [0.15, 0.2) is 15.7 Å². The topological polar surface area (TPSA) is 84.8 Å². The van der Waals surface area contributed by atoms with Crippen LogP contribution in [0.15, 0.2) is 53.7 Å². The molecule has 0 aliphatic heterocycles. The van der Waals surface area contributed by atoms with E-state index in [9.17, 15) is 8.42 Å². The van der Waals surface area contributed by atoms with Crippen LogP contribution in [-0.4, -0.2) is 29.6 Å². The van der Waals surface area contributed by atoms with E-state index in [4.69, 9.17) is 23.2 Å². The van der Waals surface area contributed by atoms with Crippen molar-refractivity contribution < 1.29 is 8.42 Å². The summed E-state index contributed by atoms with van der Waals surface area (Å²) >= 11 is 14.0. The van der Waals surface area contributed by atoms with Crippen molar-refractivity contribution in [2.45, 2.75) is 11.3 Å². The predicted octanol–water partition coefficient (Wildman–Crippen LogP) is 5.13. The standard InChI is InChI=1S/C19H14Cl2N4O2S2/c1-29(26,27)12-7-5-11(6-8-12)24-18-17-19(23-10-22-18)28-16(25-17)9-13-14(20)3-2-4-15(13)21/h2-8,10H,9H2,1H3,(H,22,23,24). The summed E-state index contributed by atoms with van der Waals surface area (Å²) in [6.07, 6.45) is 3.12. The third kappa shape index (κ3) is 4.35. The van der Waals surface area contributed by atoms with Gasteiger partial charge in [-0.2, -0.15) is 0 Å². The SMILES string of the molecule is CS(=O)(=O)c1ccc(Nc2ncnc3sc(Cc4c(Cl)cccc4Cl)nc23)cc1. The number of sulfone groups is 1. The van der Waals surface area contributed by atoms with Crippen LogP contribution in [0.2, 0.25) is 10.0 Å². The fourth-order valence-electron chi connectivity index (χ4n) is 2.74. The van der Waals surface area contributed by atoms with Crippen molar-refractivity contribution in [3.8, 4) is 0 Å². The second-order valence-corrected chi connectivity index (χ2v) is 10.2. The lowest BCUT2D eigenvalue weighted by molar-refractivity contribution is 0.602. The Kier molecular flexibility index (Phi) is 5.44. The first kappa shape index (κ1) is 20.0. The van der Waals surface area contributed by atoms with E-state index in [2.05, 4.69) is 20.3 Å². The molecule has 0 fully saturated rings. The van der Waals surface area contributed by atoms with Gasteiger partial charge in [0.1, 0.15) is 21.7 Å². The van der Waals surface area contributed by atoms with Crippen molar-refractivity contribution in [3.05, 3.63) is 69.4 Å². The fourth-order valence-corrected chi connectivity index (χ4v) is 4.82. The minimum atomic E-state index is -3.25. The molecule has 0 aliphatic rings. The third-order valence-electron chi connectivity index (χ3n) is 4.17. The highest BCUT2D eigenvalue weighted by Crippen LogP contribution is 2.32. The lowest BCUT2D eigenvalue weighted by atomic mass is 10.1. The molecule has 0 unspecified atom stereocenters. The van der Waals surface area contributed by atoms with Crippen molar-refractivity contribution in [3.63, 3.8) is 0 Å². The molecule has 0 amide bonds. The third-order valence-corrected chi connectivity index (χ3v) is 6.97. The van der Waals surface area contributed by atoms with Crippen LogP contribution in [-0.2, 0) is 16.3 Å². The van der Waals surface area contributed by atoms with E-state index in [-0.39, 0.29) is 4.90 Å². The fraction of sp³-hybridized carbons (Fsp3) is 0.105. The highest BCUT2D eigenvalue weighted by molar-refractivity contribution is 7.90. The van der Waals surface area contributed by atoms with Gasteiger partial charge in [0.2, 0.25) is 0 Å². The highest BCUT2D eigenvalue weighted by Gasteiger charge is 2.14. The normalized spacial score (nSPS) is 11.7. The van der Waals surface area contributed by atoms with Crippen LogP contribution in [0.3, 0.4) is 0 Å². The van der Waals surface area contributed by atoms with Gasteiger partial charge in [-0.15, -0.1) is 0 Å². The van der Waals surface area contributed by atoms with Crippen molar-refractivity contribution >= 4 is 66.2 Å². The number of hydrogen-bond donors (Lipinski definition) is 1. The zero-order chi connectivity index (χ0) is 20.6. The molecule has 6 nitrogen and oxygen atoms in total. The molecule has 2 aromatic carbocycles. The summed E-state index contributed by atoms with van der Waals surface area (Å²) in [4.78, 5) is 14.2. The number of anilines is 2. The number of hydrogen-bond acceptors (Lipinski definition) is 7. The number of thiazole rings is 1. The number of halogens is 2. The van der Waals surface area contributed by atoms with Gasteiger partial charge < -0.3 is 5.32 Å². The second-order valence-electron chi connectivity index (χ2n) is 6.28. The van der Waals surface area contributed by atoms with E-state index < -0.39 is 9.84 Å². The molecule has 0 saturated carbocycles. The molecule has 0 bridgehead atoms. The maximum absolute atomic E-state index is 11.6. The molecule has 148 valence electrons. The molecule has 29 heavy (non-hydrogen) atoms. The van der Waals surface area contributed by atoms with Crippen molar-refractivity contribution in [1.82, 2.24) is 15.0 Å². The van der Waals surface area contributed by atoms with Crippen LogP contribution in [0.1, 0.15) is 10.6 Å². The molecule has 0 spiro atoms. The Morgan fingerprint density at radius 1 is 1.03 bits per heavy atom. The van der Waals surface area contributed by atoms with E-state index >= 15 is 0 Å². The predicted molar refractivity (Wildman–Crippen MR) is 117 cm³/mol. The van der Waals surface area contributed by atoms with Crippen molar-refractivity contribution in [1.29, 1.82) is 0 Å². The lowest BCUT2D eigenvalue weighted by Gasteiger charge is -2.06. The first-order chi connectivity index (χ1) is 13.8. The molecule has 2 aromatic heterocycles. The van der Waals surface area contributed by atoms with Gasteiger partial charge in [-0.3, -0.25) is 0 Å². The molecular weight excluding hydrogens is 451 g/mol. The number of fused-ring (bicyclic) bond motifs is 1. The summed E-state index contributed by atoms with van der Waals surface area (Å²) in [6.45, 7) is 0. The van der Waals surface area contributed by atoms with Gasteiger partial charge in [0.05, 0.1) is 4.90 Å². The van der Waals surface area contributed by atoms with Crippen LogP contribution in [0.4, 0.5) is 11.5 Å². The van der Waals surface area contributed by atoms with Crippen LogP contribution in [0.5, 0.6) is 0 Å². The summed E-state index contributed by atoms with van der Waals surface area (Å²) < 4.78 is 23.2. The monoisotopic (exact) mass is 464 g/mol. The zero-order valence-corrected chi connectivity index (χ0v) is 18.2. The molecule has 0 atom stereocenters. The quantitative estimate of drug-likeness (QED) is 0.440. The molecule has 0 radical (unpaired) electrons. The molecule has 2 heterocycles. The molecule has 4 aromatic rings. The second kappa shape index (κ2) is 7.87. The van der Waals surface area contributed by atoms with E-state index in [1.54, 1.807) is 42.5 Å². The summed E-state index contributed by atoms with van der Waals surface area (Å²) in [5.74, 6) is 0.537. The van der Waals surface area contributed by atoms with Gasteiger partial charge in [0.25, 0.3) is 0 Å². The minimum Gasteiger partial charge on any atom is -0.338 e. The molecule has 1 N–H and O–H groups in total. The average Bonchev–Trinajstić information content (AvgIpc) is 3.08. The van der Waals surface area contributed by atoms with Gasteiger partial charge in [-0.25, -0.2) is 23.4 Å². The number of benzene rings is 2. The molecular formula is C19H14Cl2N4O2S2. The van der Waals surface area contributed by atoms with Gasteiger partial charge in [0, 0.05) is 28.4 Å². The maximum Gasteiger partial charge on any atom is 0.175 e. The van der Waals surface area contributed by atoms with Crippen molar-refractivity contribution in [2.24, 2.45) is 0 Å². The van der Waals surface area contributed by atoms with E-state index in [0.29, 0.717) is 33.5 Å². The Morgan fingerprint density at radius 3 is 2.38 bits per heavy atom. The number of nitrogens with one attached hydrogen (secondary N) is 1. The summed E-state index contributed by atoms with van der Waals surface area (Å²) in [7, 11) is -3.25. The Morgan fingerprint density at radius 2 is 1.72 bits per heavy atom. The molecule has 0 saturated heterocycles. The summed E-state index contributed by atoms with van der Waals surface area (Å²) in [5.41, 5.74) is 2.14. The minimum absolute atomic E-state index is 0.253. The Balaban J connectivity index is 1.64. The van der Waals surface area contributed by atoms with Crippen LogP contribution in [0, 0.1) is 0 Å². The Bertz CT molecular complexity index is 1290. The Labute approximate surface area is 181 Å². The first-order valence-electron chi connectivity index (χ1n) is 8.42. The van der Waals surface area contributed by atoms with Gasteiger partial charge >= 0.3 is 0 Å². The van der Waals surface area contributed by atoms with Gasteiger partial charge in [-0.1, -0.05) is 40.6 Å². The van der Waals surface area contributed by atoms with Gasteiger partial charge in [-0.05, 0) is 42.0 Å². The Hall–Kier alpha value is -2.26. The zero-order valence-electron chi connectivity index (χ0n) is 15.1. The molecule has 0 aliphatic carbocycles.